The molecule has 1 spiro atoms. The minimum Gasteiger partial charge on any atom is -0.454 e. The van der Waals surface area contributed by atoms with Crippen molar-refractivity contribution >= 4 is 67.1 Å². The molecule has 284 valence electrons. The zero-order valence-corrected chi connectivity index (χ0v) is 33.5. The zero-order valence-electron chi connectivity index (χ0n) is 32.6. The van der Waals surface area contributed by atoms with Gasteiger partial charge < -0.3 is 18.4 Å². The van der Waals surface area contributed by atoms with Gasteiger partial charge in [0.25, 0.3) is 0 Å². The van der Waals surface area contributed by atoms with Gasteiger partial charge >= 0.3 is 0 Å². The molecule has 2 atom stereocenters. The molecule has 2 aliphatic heterocycles. The predicted octanol–water partition coefficient (Wildman–Crippen LogP) is 12.9. The van der Waals surface area contributed by atoms with Gasteiger partial charge in [-0.1, -0.05) is 176 Å². The summed E-state index contributed by atoms with van der Waals surface area (Å²) >= 11 is 0. The number of para-hydroxylation sites is 5. The lowest BCUT2D eigenvalue weighted by Gasteiger charge is -2.45. The molecular formula is C55H37N2O2P. The second-order valence-corrected chi connectivity index (χ2v) is 19.2. The molecule has 0 N–H and O–H groups in total. The fraction of sp³-hybridized carbons (Fsp3) is 0.0545. The van der Waals surface area contributed by atoms with Gasteiger partial charge in [0.1, 0.15) is 12.9 Å². The largest absolute Gasteiger partial charge is 0.454 e. The molecule has 5 heteroatoms. The smallest absolute Gasteiger partial charge is 0.156 e. The van der Waals surface area contributed by atoms with E-state index >= 15 is 4.57 Å². The fourth-order valence-electron chi connectivity index (χ4n) is 11.0. The van der Waals surface area contributed by atoms with Crippen LogP contribution in [0.1, 0.15) is 28.7 Å². The maximum Gasteiger partial charge on any atom is 0.156 e. The van der Waals surface area contributed by atoms with Crippen molar-refractivity contribution in [2.45, 2.75) is 17.5 Å². The summed E-state index contributed by atoms with van der Waals surface area (Å²) in [6.45, 7) is 0. The summed E-state index contributed by atoms with van der Waals surface area (Å²) in [5.74, 6) is 1.71. The molecule has 3 aliphatic rings. The maximum atomic E-state index is 15.5. The van der Waals surface area contributed by atoms with E-state index < -0.39 is 12.6 Å². The number of fused-ring (bicyclic) bond motifs is 15. The molecule has 2 aromatic heterocycles. The molecular weight excluding hydrogens is 752 g/mol. The fourth-order valence-corrected chi connectivity index (χ4v) is 14.0. The van der Waals surface area contributed by atoms with Crippen LogP contribution in [0.2, 0.25) is 0 Å². The molecule has 0 saturated heterocycles. The lowest BCUT2D eigenvalue weighted by atomic mass is 9.61. The Hall–Kier alpha value is -7.13. The number of rotatable bonds is 4. The number of benzene rings is 8. The average molecular weight is 789 g/mol. The second-order valence-electron chi connectivity index (χ2n) is 16.2. The summed E-state index contributed by atoms with van der Waals surface area (Å²) in [4.78, 5) is 0. The number of nitrogens with zero attached hydrogens (tertiary/aromatic N) is 2. The standard InChI is InChI=1S/C55H37N2O2P/c58-60(37-16-3-1-4-17-37,38-18-5-2-6-19-38)39-32-30-36(31-33-39)56-48-26-11-7-21-41(48)43-34-35-47-54(53(43)56)59-51-29-14-10-24-45(51)55(47)44-23-9-13-28-50(44)57-49-27-12-8-20-40(49)42-22-15-25-46(55)52(42)57/h1-32,34-35,39H,33H2. The first-order valence-electron chi connectivity index (χ1n) is 20.7. The quantitative estimate of drug-likeness (QED) is 0.167. The van der Waals surface area contributed by atoms with E-state index in [0.717, 1.165) is 60.7 Å². The van der Waals surface area contributed by atoms with Crippen molar-refractivity contribution in [2.75, 3.05) is 0 Å². The van der Waals surface area contributed by atoms with Gasteiger partial charge in [-0.3, -0.25) is 0 Å². The van der Waals surface area contributed by atoms with Crippen LogP contribution in [0, 0.1) is 0 Å². The minimum atomic E-state index is -3.03. The number of aromatic nitrogens is 2. The Morgan fingerprint density at radius 1 is 0.500 bits per heavy atom. The monoisotopic (exact) mass is 788 g/mol. The van der Waals surface area contributed by atoms with E-state index in [9.17, 15) is 0 Å². The summed E-state index contributed by atoms with van der Waals surface area (Å²) in [7, 11) is -3.03. The summed E-state index contributed by atoms with van der Waals surface area (Å²) in [5, 5.41) is 6.55. The molecule has 0 fully saturated rings. The summed E-state index contributed by atoms with van der Waals surface area (Å²) in [6.07, 6.45) is 7.31. The van der Waals surface area contributed by atoms with E-state index in [1.807, 2.05) is 60.7 Å². The van der Waals surface area contributed by atoms with Crippen LogP contribution in [0.15, 0.2) is 206 Å². The first-order valence-corrected chi connectivity index (χ1v) is 22.5. The van der Waals surface area contributed by atoms with Crippen molar-refractivity contribution in [3.8, 4) is 17.2 Å². The molecule has 0 bridgehead atoms. The Balaban J connectivity index is 1.09. The van der Waals surface area contributed by atoms with E-state index in [2.05, 4.69) is 155 Å². The average Bonchev–Trinajstić information content (AvgIpc) is 3.85. The first kappa shape index (κ1) is 33.8. The molecule has 10 aromatic rings. The molecule has 0 amide bonds. The maximum absolute atomic E-state index is 15.5. The highest BCUT2D eigenvalue weighted by atomic mass is 31.2. The van der Waals surface area contributed by atoms with Gasteiger partial charge in [0.2, 0.25) is 0 Å². The summed E-state index contributed by atoms with van der Waals surface area (Å²) < 4.78 is 27.7. The van der Waals surface area contributed by atoms with Gasteiger partial charge in [0.05, 0.1) is 33.2 Å². The lowest BCUT2D eigenvalue weighted by Crippen LogP contribution is -2.37. The summed E-state index contributed by atoms with van der Waals surface area (Å²) in [5.41, 5.74) is 10.6. The van der Waals surface area contributed by atoms with Crippen molar-refractivity contribution in [3.63, 3.8) is 0 Å². The van der Waals surface area contributed by atoms with Crippen LogP contribution in [-0.2, 0) is 9.98 Å². The minimum absolute atomic E-state index is 0.189. The number of hydrogen-bond donors (Lipinski definition) is 0. The van der Waals surface area contributed by atoms with Gasteiger partial charge in [-0.25, -0.2) is 0 Å². The molecule has 13 rings (SSSR count). The highest BCUT2D eigenvalue weighted by Gasteiger charge is 2.51. The Morgan fingerprint density at radius 3 is 1.80 bits per heavy atom. The van der Waals surface area contributed by atoms with Crippen molar-refractivity contribution in [2.24, 2.45) is 0 Å². The molecule has 0 saturated carbocycles. The number of ether oxygens (including phenoxy) is 1. The van der Waals surface area contributed by atoms with Crippen LogP contribution in [0.5, 0.6) is 11.5 Å². The van der Waals surface area contributed by atoms with Gasteiger partial charge in [-0.2, -0.15) is 0 Å². The van der Waals surface area contributed by atoms with E-state index in [1.165, 1.54) is 38.6 Å². The highest BCUT2D eigenvalue weighted by molar-refractivity contribution is 7.79. The van der Waals surface area contributed by atoms with E-state index in [4.69, 9.17) is 4.74 Å². The molecule has 0 radical (unpaired) electrons. The third-order valence-corrected chi connectivity index (χ3v) is 16.9. The van der Waals surface area contributed by atoms with Crippen LogP contribution in [0.3, 0.4) is 0 Å². The van der Waals surface area contributed by atoms with Crippen molar-refractivity contribution in [1.82, 2.24) is 9.13 Å². The lowest BCUT2D eigenvalue weighted by molar-refractivity contribution is 0.438. The Morgan fingerprint density at radius 2 is 1.08 bits per heavy atom. The summed E-state index contributed by atoms with van der Waals surface area (Å²) in [6, 6.07) is 66.6. The highest BCUT2D eigenvalue weighted by Crippen LogP contribution is 2.62. The molecule has 8 aromatic carbocycles. The Labute approximate surface area is 347 Å². The second kappa shape index (κ2) is 12.4. The van der Waals surface area contributed by atoms with Crippen molar-refractivity contribution in [1.29, 1.82) is 0 Å². The van der Waals surface area contributed by atoms with Crippen molar-refractivity contribution in [3.05, 3.63) is 229 Å². The molecule has 4 nitrogen and oxygen atoms in total. The normalized spacial score (nSPS) is 17.7. The Kier molecular flexibility index (Phi) is 7.01. The van der Waals surface area contributed by atoms with Gasteiger partial charge in [-0.15, -0.1) is 0 Å². The third-order valence-electron chi connectivity index (χ3n) is 13.4. The predicted molar refractivity (Wildman–Crippen MR) is 247 cm³/mol. The van der Waals surface area contributed by atoms with E-state index in [-0.39, 0.29) is 5.66 Å². The van der Waals surface area contributed by atoms with Gasteiger partial charge in [0, 0.05) is 54.6 Å². The molecule has 60 heavy (non-hydrogen) atoms. The van der Waals surface area contributed by atoms with Gasteiger partial charge in [0.15, 0.2) is 5.75 Å². The van der Waals surface area contributed by atoms with Crippen LogP contribution >= 0.6 is 7.14 Å². The van der Waals surface area contributed by atoms with E-state index in [0.29, 0.717) is 6.42 Å². The number of hydrogen-bond acceptors (Lipinski definition) is 2. The van der Waals surface area contributed by atoms with Crippen molar-refractivity contribution < 1.29 is 9.30 Å². The van der Waals surface area contributed by atoms with Crippen LogP contribution in [0.25, 0.3) is 55.0 Å². The molecule has 1 aliphatic carbocycles. The molecule has 4 heterocycles. The van der Waals surface area contributed by atoms with Crippen LogP contribution in [0.4, 0.5) is 0 Å². The van der Waals surface area contributed by atoms with Crippen LogP contribution < -0.4 is 15.3 Å². The zero-order chi connectivity index (χ0) is 39.6. The topological polar surface area (TPSA) is 36.2 Å². The SMILES string of the molecule is O=P(c1ccccc1)(c1ccccc1)C1C=CC(n2c3ccccc3c3ccc4c(c32)Oc2ccccc2C42c3ccccc3-n3c4ccccc4c4cccc2c43)=CC1. The molecule has 2 unspecified atom stereocenters. The van der Waals surface area contributed by atoms with E-state index in [1.54, 1.807) is 0 Å². The van der Waals surface area contributed by atoms with Crippen LogP contribution in [-0.4, -0.2) is 14.8 Å². The number of allylic oxidation sites excluding steroid dienone is 4. The third kappa shape index (κ3) is 4.28. The first-order chi connectivity index (χ1) is 29.7. The van der Waals surface area contributed by atoms with Gasteiger partial charge in [-0.05, 0) is 47.9 Å². The Bertz CT molecular complexity index is 3500.